The SMILES string of the molecule is COc1ccc(NC(=O)c2ccc(C)cc2O)c(OC)c1. The Balaban J connectivity index is 2.27. The summed E-state index contributed by atoms with van der Waals surface area (Å²) in [6.45, 7) is 1.84. The Morgan fingerprint density at radius 1 is 1.10 bits per heavy atom. The zero-order chi connectivity index (χ0) is 15.4. The first-order chi connectivity index (χ1) is 10.0. The van der Waals surface area contributed by atoms with E-state index in [4.69, 9.17) is 9.47 Å². The Kier molecular flexibility index (Phi) is 4.33. The molecule has 0 bridgehead atoms. The number of rotatable bonds is 4. The van der Waals surface area contributed by atoms with E-state index in [9.17, 15) is 9.90 Å². The second-order valence-corrected chi connectivity index (χ2v) is 4.54. The van der Waals surface area contributed by atoms with Gasteiger partial charge in [0, 0.05) is 6.07 Å². The van der Waals surface area contributed by atoms with Crippen LogP contribution in [-0.4, -0.2) is 25.2 Å². The van der Waals surface area contributed by atoms with Crippen molar-refractivity contribution in [1.82, 2.24) is 0 Å². The summed E-state index contributed by atoms with van der Waals surface area (Å²) in [7, 11) is 3.06. The molecule has 5 heteroatoms. The summed E-state index contributed by atoms with van der Waals surface area (Å²) < 4.78 is 10.3. The number of nitrogens with one attached hydrogen (secondary N) is 1. The fourth-order valence-electron chi connectivity index (χ4n) is 1.93. The van der Waals surface area contributed by atoms with E-state index in [1.165, 1.54) is 7.11 Å². The third-order valence-electron chi connectivity index (χ3n) is 3.05. The van der Waals surface area contributed by atoms with Gasteiger partial charge in [-0.3, -0.25) is 4.79 Å². The minimum absolute atomic E-state index is 0.0556. The van der Waals surface area contributed by atoms with Crippen molar-refractivity contribution in [3.63, 3.8) is 0 Å². The zero-order valence-corrected chi connectivity index (χ0v) is 12.1. The van der Waals surface area contributed by atoms with Gasteiger partial charge < -0.3 is 19.9 Å². The Bertz CT molecular complexity index is 667. The molecule has 2 aromatic carbocycles. The molecule has 2 aromatic rings. The molecule has 0 radical (unpaired) electrons. The van der Waals surface area contributed by atoms with E-state index in [2.05, 4.69) is 5.32 Å². The third-order valence-corrected chi connectivity index (χ3v) is 3.05. The van der Waals surface area contributed by atoms with Crippen molar-refractivity contribution in [2.75, 3.05) is 19.5 Å². The van der Waals surface area contributed by atoms with Crippen molar-refractivity contribution in [3.05, 3.63) is 47.5 Å². The number of aromatic hydroxyl groups is 1. The molecule has 0 heterocycles. The average molecular weight is 287 g/mol. The van der Waals surface area contributed by atoms with Crippen LogP contribution in [0.25, 0.3) is 0 Å². The summed E-state index contributed by atoms with van der Waals surface area (Å²) in [4.78, 5) is 12.2. The van der Waals surface area contributed by atoms with E-state index in [-0.39, 0.29) is 11.3 Å². The first kappa shape index (κ1) is 14.7. The molecule has 21 heavy (non-hydrogen) atoms. The van der Waals surface area contributed by atoms with E-state index >= 15 is 0 Å². The van der Waals surface area contributed by atoms with Crippen molar-refractivity contribution in [2.24, 2.45) is 0 Å². The number of anilines is 1. The number of hydrogen-bond donors (Lipinski definition) is 2. The van der Waals surface area contributed by atoms with Gasteiger partial charge in [-0.1, -0.05) is 6.07 Å². The number of carbonyl (C=O) groups is 1. The van der Waals surface area contributed by atoms with Crippen molar-refractivity contribution in [1.29, 1.82) is 0 Å². The maximum absolute atomic E-state index is 12.2. The van der Waals surface area contributed by atoms with Crippen molar-refractivity contribution < 1.29 is 19.4 Å². The average Bonchev–Trinajstić information content (AvgIpc) is 2.47. The molecule has 5 nitrogen and oxygen atoms in total. The van der Waals surface area contributed by atoms with Gasteiger partial charge >= 0.3 is 0 Å². The molecular weight excluding hydrogens is 270 g/mol. The molecule has 0 unspecified atom stereocenters. The lowest BCUT2D eigenvalue weighted by atomic mass is 10.1. The maximum atomic E-state index is 12.2. The number of hydrogen-bond acceptors (Lipinski definition) is 4. The number of aryl methyl sites for hydroxylation is 1. The van der Waals surface area contributed by atoms with Crippen LogP contribution in [0.4, 0.5) is 5.69 Å². The Morgan fingerprint density at radius 3 is 2.48 bits per heavy atom. The first-order valence-corrected chi connectivity index (χ1v) is 6.38. The number of amides is 1. The topological polar surface area (TPSA) is 67.8 Å². The van der Waals surface area contributed by atoms with E-state index < -0.39 is 5.91 Å². The summed E-state index contributed by atoms with van der Waals surface area (Å²) >= 11 is 0. The quantitative estimate of drug-likeness (QED) is 0.907. The van der Waals surface area contributed by atoms with Crippen molar-refractivity contribution in [2.45, 2.75) is 6.92 Å². The summed E-state index contributed by atoms with van der Waals surface area (Å²) in [6, 6.07) is 9.95. The molecule has 2 N–H and O–H groups in total. The van der Waals surface area contributed by atoms with Gasteiger partial charge in [0.15, 0.2) is 0 Å². The largest absolute Gasteiger partial charge is 0.507 e. The number of phenolic OH excluding ortho intramolecular Hbond substituents is 1. The van der Waals surface area contributed by atoms with Gasteiger partial charge in [0.05, 0.1) is 25.5 Å². The summed E-state index contributed by atoms with van der Waals surface area (Å²) in [5.41, 5.74) is 1.59. The molecule has 2 rings (SSSR count). The van der Waals surface area contributed by atoms with Crippen LogP contribution in [0.15, 0.2) is 36.4 Å². The predicted octanol–water partition coefficient (Wildman–Crippen LogP) is 2.97. The minimum atomic E-state index is -0.407. The van der Waals surface area contributed by atoms with Gasteiger partial charge in [-0.25, -0.2) is 0 Å². The van der Waals surface area contributed by atoms with Gasteiger partial charge in [-0.05, 0) is 36.8 Å². The summed E-state index contributed by atoms with van der Waals surface area (Å²) in [5.74, 6) is 0.647. The molecule has 0 aliphatic carbocycles. The van der Waals surface area contributed by atoms with Gasteiger partial charge in [0.2, 0.25) is 0 Å². The predicted molar refractivity (Wildman–Crippen MR) is 80.3 cm³/mol. The van der Waals surface area contributed by atoms with Crippen LogP contribution in [0.5, 0.6) is 17.2 Å². The highest BCUT2D eigenvalue weighted by Gasteiger charge is 2.14. The fourth-order valence-corrected chi connectivity index (χ4v) is 1.93. The molecule has 0 fully saturated rings. The fraction of sp³-hybridized carbons (Fsp3) is 0.188. The summed E-state index contributed by atoms with van der Waals surface area (Å²) in [5, 5.41) is 12.5. The number of methoxy groups -OCH3 is 2. The van der Waals surface area contributed by atoms with Crippen LogP contribution in [0.2, 0.25) is 0 Å². The van der Waals surface area contributed by atoms with E-state index in [0.717, 1.165) is 5.56 Å². The highest BCUT2D eigenvalue weighted by molar-refractivity contribution is 6.06. The lowest BCUT2D eigenvalue weighted by Crippen LogP contribution is -2.13. The smallest absolute Gasteiger partial charge is 0.259 e. The molecule has 0 aliphatic heterocycles. The third kappa shape index (κ3) is 3.25. The van der Waals surface area contributed by atoms with Crippen LogP contribution in [-0.2, 0) is 0 Å². The minimum Gasteiger partial charge on any atom is -0.507 e. The Hall–Kier alpha value is -2.69. The number of phenols is 1. The molecule has 0 saturated carbocycles. The lowest BCUT2D eigenvalue weighted by molar-refractivity contribution is 0.102. The maximum Gasteiger partial charge on any atom is 0.259 e. The van der Waals surface area contributed by atoms with Gasteiger partial charge in [0.25, 0.3) is 5.91 Å². The van der Waals surface area contributed by atoms with Gasteiger partial charge in [-0.2, -0.15) is 0 Å². The van der Waals surface area contributed by atoms with Crippen LogP contribution in [0.3, 0.4) is 0 Å². The summed E-state index contributed by atoms with van der Waals surface area (Å²) in [6.07, 6.45) is 0. The zero-order valence-electron chi connectivity index (χ0n) is 12.1. The molecular formula is C16H17NO4. The lowest BCUT2D eigenvalue weighted by Gasteiger charge is -2.12. The monoisotopic (exact) mass is 287 g/mol. The van der Waals surface area contributed by atoms with Gasteiger partial charge in [-0.15, -0.1) is 0 Å². The highest BCUT2D eigenvalue weighted by Crippen LogP contribution is 2.30. The van der Waals surface area contributed by atoms with Crippen molar-refractivity contribution in [3.8, 4) is 17.2 Å². The second-order valence-electron chi connectivity index (χ2n) is 4.54. The normalized spacial score (nSPS) is 10.0. The van der Waals surface area contributed by atoms with Crippen LogP contribution >= 0.6 is 0 Å². The molecule has 1 amide bonds. The Morgan fingerprint density at radius 2 is 1.86 bits per heavy atom. The van der Waals surface area contributed by atoms with Crippen molar-refractivity contribution >= 4 is 11.6 Å². The second kappa shape index (κ2) is 6.17. The van der Waals surface area contributed by atoms with E-state index in [1.54, 1.807) is 43.5 Å². The number of benzene rings is 2. The van der Waals surface area contributed by atoms with Crippen LogP contribution < -0.4 is 14.8 Å². The van der Waals surface area contributed by atoms with Crippen LogP contribution in [0, 0.1) is 6.92 Å². The first-order valence-electron chi connectivity index (χ1n) is 6.38. The molecule has 0 aromatic heterocycles. The molecule has 0 spiro atoms. The Labute approximate surface area is 123 Å². The standard InChI is InChI=1S/C16H17NO4/c1-10-4-6-12(14(18)8-10)16(19)17-13-7-5-11(20-2)9-15(13)21-3/h4-9,18H,1-3H3,(H,17,19). The van der Waals surface area contributed by atoms with E-state index in [0.29, 0.717) is 17.2 Å². The molecule has 0 atom stereocenters. The number of carbonyl (C=O) groups excluding carboxylic acids is 1. The van der Waals surface area contributed by atoms with Gasteiger partial charge in [0.1, 0.15) is 17.2 Å². The highest BCUT2D eigenvalue weighted by atomic mass is 16.5. The molecule has 0 saturated heterocycles. The number of ether oxygens (including phenoxy) is 2. The van der Waals surface area contributed by atoms with Crippen LogP contribution in [0.1, 0.15) is 15.9 Å². The van der Waals surface area contributed by atoms with E-state index in [1.807, 2.05) is 6.92 Å². The molecule has 0 aliphatic rings. The molecule has 110 valence electrons.